The van der Waals surface area contributed by atoms with Gasteiger partial charge in [-0.3, -0.25) is 13.9 Å². The lowest BCUT2D eigenvalue weighted by molar-refractivity contribution is 0.340. The minimum Gasteiger partial charge on any atom is -0.494 e. The van der Waals surface area contributed by atoms with Crippen molar-refractivity contribution in [2.75, 3.05) is 6.61 Å². The number of furan rings is 1. The Hall–Kier alpha value is -4.40. The number of aromatic nitrogens is 4. The molecule has 5 aromatic rings. The summed E-state index contributed by atoms with van der Waals surface area (Å²) >= 11 is 0. The van der Waals surface area contributed by atoms with Crippen molar-refractivity contribution >= 4 is 10.9 Å². The molecule has 0 atom stereocenters. The minimum absolute atomic E-state index is 0.00985. The standard InChI is InChI=1S/C24H20N4O5/c1-2-31-17-8-5-7-16(13-17)22-25-21(33-26-22)15-27-20-11-4-3-10-19(20)23(29)28(24(27)30)14-18-9-6-12-32-18/h3-13H,2,14-15H2,1H3. The summed E-state index contributed by atoms with van der Waals surface area (Å²) in [6.45, 7) is 2.49. The molecule has 3 heterocycles. The molecule has 0 aliphatic rings. The van der Waals surface area contributed by atoms with Crippen LogP contribution in [0.4, 0.5) is 0 Å². The van der Waals surface area contributed by atoms with Gasteiger partial charge in [0.2, 0.25) is 11.7 Å². The molecule has 9 heteroatoms. The lowest BCUT2D eigenvalue weighted by Crippen LogP contribution is -2.40. The molecule has 0 unspecified atom stereocenters. The topological polar surface area (TPSA) is 105 Å². The molecule has 0 saturated heterocycles. The zero-order valence-corrected chi connectivity index (χ0v) is 17.8. The monoisotopic (exact) mass is 444 g/mol. The molecule has 2 aromatic carbocycles. The summed E-state index contributed by atoms with van der Waals surface area (Å²) in [5, 5.41) is 4.46. The summed E-state index contributed by atoms with van der Waals surface area (Å²) in [7, 11) is 0. The summed E-state index contributed by atoms with van der Waals surface area (Å²) in [4.78, 5) is 30.8. The molecule has 0 fully saturated rings. The number of ether oxygens (including phenoxy) is 1. The average molecular weight is 444 g/mol. The fourth-order valence-corrected chi connectivity index (χ4v) is 3.68. The van der Waals surface area contributed by atoms with Gasteiger partial charge in [0.15, 0.2) is 0 Å². The Balaban J connectivity index is 1.55. The third kappa shape index (κ3) is 3.96. The number of hydrogen-bond acceptors (Lipinski definition) is 7. The van der Waals surface area contributed by atoms with Crippen LogP contribution >= 0.6 is 0 Å². The lowest BCUT2D eigenvalue weighted by Gasteiger charge is -2.12. The molecule has 0 radical (unpaired) electrons. The second-order valence-electron chi connectivity index (χ2n) is 7.33. The Kier molecular flexibility index (Phi) is 5.35. The predicted octanol–water partition coefficient (Wildman–Crippen LogP) is 3.30. The van der Waals surface area contributed by atoms with Gasteiger partial charge in [0.1, 0.15) is 18.1 Å². The predicted molar refractivity (Wildman–Crippen MR) is 120 cm³/mol. The van der Waals surface area contributed by atoms with Gasteiger partial charge in [-0.15, -0.1) is 0 Å². The van der Waals surface area contributed by atoms with E-state index in [0.29, 0.717) is 34.8 Å². The maximum Gasteiger partial charge on any atom is 0.332 e. The van der Waals surface area contributed by atoms with Crippen LogP contribution in [0.3, 0.4) is 0 Å². The highest BCUT2D eigenvalue weighted by atomic mass is 16.5. The molecule has 0 aliphatic heterocycles. The minimum atomic E-state index is -0.492. The highest BCUT2D eigenvalue weighted by molar-refractivity contribution is 5.77. The fourth-order valence-electron chi connectivity index (χ4n) is 3.68. The second kappa shape index (κ2) is 8.62. The number of benzene rings is 2. The summed E-state index contributed by atoms with van der Waals surface area (Å²) < 4.78 is 18.9. The van der Waals surface area contributed by atoms with Crippen LogP contribution in [0.2, 0.25) is 0 Å². The molecule has 3 aromatic heterocycles. The second-order valence-corrected chi connectivity index (χ2v) is 7.33. The Labute approximate surface area is 187 Å². The van der Waals surface area contributed by atoms with Crippen molar-refractivity contribution in [2.24, 2.45) is 0 Å². The van der Waals surface area contributed by atoms with Gasteiger partial charge in [-0.2, -0.15) is 4.98 Å². The van der Waals surface area contributed by atoms with E-state index in [9.17, 15) is 9.59 Å². The molecule has 0 saturated carbocycles. The van der Waals surface area contributed by atoms with E-state index < -0.39 is 5.69 Å². The molecule has 0 aliphatic carbocycles. The van der Waals surface area contributed by atoms with Crippen molar-refractivity contribution in [3.63, 3.8) is 0 Å². The van der Waals surface area contributed by atoms with Crippen LogP contribution in [0.25, 0.3) is 22.3 Å². The van der Waals surface area contributed by atoms with E-state index in [0.717, 1.165) is 10.1 Å². The number of nitrogens with zero attached hydrogens (tertiary/aromatic N) is 4. The zero-order valence-electron chi connectivity index (χ0n) is 17.8. The van der Waals surface area contributed by atoms with Crippen LogP contribution in [0, 0.1) is 0 Å². The molecule has 33 heavy (non-hydrogen) atoms. The Morgan fingerprint density at radius 1 is 0.970 bits per heavy atom. The number of para-hydroxylation sites is 1. The van der Waals surface area contributed by atoms with Crippen molar-refractivity contribution < 1.29 is 13.7 Å². The third-order valence-electron chi connectivity index (χ3n) is 5.19. The van der Waals surface area contributed by atoms with Gasteiger partial charge in [-0.05, 0) is 43.3 Å². The SMILES string of the molecule is CCOc1cccc(-c2noc(Cn3c(=O)n(Cc4ccco4)c(=O)c4ccccc43)n2)c1. The van der Waals surface area contributed by atoms with Gasteiger partial charge >= 0.3 is 5.69 Å². The first-order valence-electron chi connectivity index (χ1n) is 10.4. The van der Waals surface area contributed by atoms with E-state index in [-0.39, 0.29) is 24.5 Å². The van der Waals surface area contributed by atoms with Gasteiger partial charge in [0.25, 0.3) is 5.56 Å². The van der Waals surface area contributed by atoms with Crippen molar-refractivity contribution in [3.8, 4) is 17.1 Å². The average Bonchev–Trinajstić information content (AvgIpc) is 3.52. The number of hydrogen-bond donors (Lipinski definition) is 0. The van der Waals surface area contributed by atoms with Crippen LogP contribution < -0.4 is 16.0 Å². The molecule has 166 valence electrons. The molecule has 0 bridgehead atoms. The third-order valence-corrected chi connectivity index (χ3v) is 5.19. The van der Waals surface area contributed by atoms with Crippen LogP contribution in [-0.2, 0) is 13.1 Å². The first-order valence-corrected chi connectivity index (χ1v) is 10.4. The highest BCUT2D eigenvalue weighted by Gasteiger charge is 2.17. The first-order chi connectivity index (χ1) is 16.1. The van der Waals surface area contributed by atoms with Gasteiger partial charge in [-0.25, -0.2) is 4.79 Å². The van der Waals surface area contributed by atoms with Crippen molar-refractivity contribution in [1.82, 2.24) is 19.3 Å². The van der Waals surface area contributed by atoms with Crippen LogP contribution in [0.15, 0.2) is 85.5 Å². The van der Waals surface area contributed by atoms with Crippen molar-refractivity contribution in [1.29, 1.82) is 0 Å². The quantitative estimate of drug-likeness (QED) is 0.379. The van der Waals surface area contributed by atoms with E-state index >= 15 is 0 Å². The number of rotatable bonds is 7. The fraction of sp³-hybridized carbons (Fsp3) is 0.167. The molecule has 9 nitrogen and oxygen atoms in total. The summed E-state index contributed by atoms with van der Waals surface area (Å²) in [6, 6.07) is 17.7. The van der Waals surface area contributed by atoms with E-state index in [1.54, 1.807) is 36.4 Å². The molecular formula is C24H20N4O5. The zero-order chi connectivity index (χ0) is 22.8. The maximum atomic E-state index is 13.3. The van der Waals surface area contributed by atoms with E-state index in [4.69, 9.17) is 13.7 Å². The summed E-state index contributed by atoms with van der Waals surface area (Å²) in [5.74, 6) is 1.83. The smallest absolute Gasteiger partial charge is 0.332 e. The van der Waals surface area contributed by atoms with Gasteiger partial charge in [0, 0.05) is 5.56 Å². The van der Waals surface area contributed by atoms with Gasteiger partial charge in [-0.1, -0.05) is 29.4 Å². The number of fused-ring (bicyclic) bond motifs is 1. The maximum absolute atomic E-state index is 13.3. The molecule has 0 spiro atoms. The van der Waals surface area contributed by atoms with Crippen molar-refractivity contribution in [3.05, 3.63) is 99.4 Å². The Morgan fingerprint density at radius 3 is 2.67 bits per heavy atom. The van der Waals surface area contributed by atoms with Gasteiger partial charge in [0.05, 0.1) is 30.3 Å². The first kappa shape index (κ1) is 20.5. The normalized spacial score (nSPS) is 11.2. The molecule has 5 rings (SSSR count). The van der Waals surface area contributed by atoms with Crippen LogP contribution in [0.5, 0.6) is 5.75 Å². The summed E-state index contributed by atoms with van der Waals surface area (Å²) in [5.41, 5.74) is 0.340. The van der Waals surface area contributed by atoms with E-state index in [1.165, 1.54) is 10.8 Å². The van der Waals surface area contributed by atoms with E-state index in [2.05, 4.69) is 10.1 Å². The Morgan fingerprint density at radius 2 is 1.85 bits per heavy atom. The Bertz CT molecular complexity index is 1530. The van der Waals surface area contributed by atoms with Crippen LogP contribution in [0.1, 0.15) is 18.6 Å². The molecular weight excluding hydrogens is 424 g/mol. The largest absolute Gasteiger partial charge is 0.494 e. The highest BCUT2D eigenvalue weighted by Crippen LogP contribution is 2.22. The lowest BCUT2D eigenvalue weighted by atomic mass is 10.2. The summed E-state index contributed by atoms with van der Waals surface area (Å²) in [6.07, 6.45) is 1.50. The molecule has 0 N–H and O–H groups in total. The van der Waals surface area contributed by atoms with E-state index in [1.807, 2.05) is 31.2 Å². The molecule has 0 amide bonds. The van der Waals surface area contributed by atoms with Crippen molar-refractivity contribution in [2.45, 2.75) is 20.0 Å². The van der Waals surface area contributed by atoms with Crippen LogP contribution in [-0.4, -0.2) is 25.9 Å². The van der Waals surface area contributed by atoms with Gasteiger partial charge < -0.3 is 13.7 Å².